The van der Waals surface area contributed by atoms with Gasteiger partial charge in [-0.2, -0.15) is 0 Å². The molecule has 0 radical (unpaired) electrons. The second kappa shape index (κ2) is 6.06. The summed E-state index contributed by atoms with van der Waals surface area (Å²) >= 11 is 5.88. The number of hydrogen-bond acceptors (Lipinski definition) is 3. The number of nitrogen functional groups attached to an aromatic ring is 1. The van der Waals surface area contributed by atoms with Crippen molar-refractivity contribution in [2.45, 2.75) is 13.0 Å². The van der Waals surface area contributed by atoms with E-state index in [2.05, 4.69) is 29.2 Å². The number of rotatable bonds is 4. The normalized spacial score (nSPS) is 12.0. The Morgan fingerprint density at radius 3 is 2.30 bits per heavy atom. The van der Waals surface area contributed by atoms with Gasteiger partial charge in [0.2, 0.25) is 0 Å². The quantitative estimate of drug-likeness (QED) is 0.861. The molecule has 0 aliphatic heterocycles. The second-order valence-corrected chi connectivity index (χ2v) is 5.36. The fourth-order valence-electron chi connectivity index (χ4n) is 1.93. The molecule has 2 rings (SSSR count). The van der Waals surface area contributed by atoms with Crippen molar-refractivity contribution in [1.82, 2.24) is 0 Å². The van der Waals surface area contributed by atoms with E-state index >= 15 is 0 Å². The minimum absolute atomic E-state index is 0.0744. The van der Waals surface area contributed by atoms with Crippen LogP contribution in [0.2, 0.25) is 5.02 Å². The van der Waals surface area contributed by atoms with Crippen molar-refractivity contribution in [2.75, 3.05) is 24.7 Å². The summed E-state index contributed by atoms with van der Waals surface area (Å²) in [5.74, 6) is 0.651. The van der Waals surface area contributed by atoms with Crippen LogP contribution in [-0.4, -0.2) is 14.1 Å². The van der Waals surface area contributed by atoms with Gasteiger partial charge in [0.1, 0.15) is 11.9 Å². The lowest BCUT2D eigenvalue weighted by atomic mass is 10.1. The first kappa shape index (κ1) is 14.5. The Balaban J connectivity index is 2.13. The molecule has 106 valence electrons. The zero-order valence-electron chi connectivity index (χ0n) is 11.9. The molecule has 2 N–H and O–H groups in total. The molecular weight excluding hydrogens is 272 g/mol. The molecule has 1 atom stereocenters. The smallest absolute Gasteiger partial charge is 0.143 e. The average molecular weight is 291 g/mol. The molecule has 2 aromatic carbocycles. The van der Waals surface area contributed by atoms with Crippen LogP contribution in [-0.2, 0) is 0 Å². The van der Waals surface area contributed by atoms with Crippen LogP contribution in [0.15, 0.2) is 42.5 Å². The van der Waals surface area contributed by atoms with E-state index < -0.39 is 0 Å². The Hall–Kier alpha value is -1.87. The van der Waals surface area contributed by atoms with Crippen molar-refractivity contribution in [3.63, 3.8) is 0 Å². The summed E-state index contributed by atoms with van der Waals surface area (Å²) in [4.78, 5) is 2.06. The largest absolute Gasteiger partial charge is 0.484 e. The molecule has 4 heteroatoms. The Bertz CT molecular complexity index is 582. The first-order chi connectivity index (χ1) is 9.47. The lowest BCUT2D eigenvalue weighted by Gasteiger charge is -2.18. The molecule has 0 bridgehead atoms. The van der Waals surface area contributed by atoms with Crippen molar-refractivity contribution in [2.24, 2.45) is 0 Å². The summed E-state index contributed by atoms with van der Waals surface area (Å²) in [6.07, 6.45) is -0.0744. The summed E-state index contributed by atoms with van der Waals surface area (Å²) in [5, 5.41) is 0.609. The molecule has 0 aliphatic rings. The maximum absolute atomic E-state index is 5.90. The summed E-state index contributed by atoms with van der Waals surface area (Å²) in [7, 11) is 4.03. The number of hydrogen-bond donors (Lipinski definition) is 1. The third kappa shape index (κ3) is 3.36. The molecule has 1 unspecified atom stereocenters. The van der Waals surface area contributed by atoms with Gasteiger partial charge < -0.3 is 15.4 Å². The fourth-order valence-corrected chi connectivity index (χ4v) is 2.11. The highest BCUT2D eigenvalue weighted by molar-refractivity contribution is 6.30. The van der Waals surface area contributed by atoms with E-state index in [4.69, 9.17) is 22.1 Å². The van der Waals surface area contributed by atoms with Crippen LogP contribution >= 0.6 is 11.6 Å². The highest BCUT2D eigenvalue weighted by atomic mass is 35.5. The number of halogens is 1. The van der Waals surface area contributed by atoms with Gasteiger partial charge in [-0.25, -0.2) is 0 Å². The summed E-state index contributed by atoms with van der Waals surface area (Å²) in [5.41, 5.74) is 8.71. The van der Waals surface area contributed by atoms with Crippen LogP contribution in [0.3, 0.4) is 0 Å². The summed E-state index contributed by atoms with van der Waals surface area (Å²) < 4.78 is 5.89. The Morgan fingerprint density at radius 2 is 1.75 bits per heavy atom. The summed E-state index contributed by atoms with van der Waals surface area (Å²) in [6.45, 7) is 2.00. The predicted molar refractivity (Wildman–Crippen MR) is 85.7 cm³/mol. The van der Waals surface area contributed by atoms with E-state index in [0.717, 1.165) is 11.3 Å². The molecule has 0 heterocycles. The second-order valence-electron chi connectivity index (χ2n) is 4.93. The van der Waals surface area contributed by atoms with Crippen LogP contribution in [0.4, 0.5) is 11.4 Å². The zero-order valence-corrected chi connectivity index (χ0v) is 12.7. The molecule has 2 aromatic rings. The number of ether oxygens (including phenoxy) is 1. The first-order valence-electron chi connectivity index (χ1n) is 6.46. The van der Waals surface area contributed by atoms with Gasteiger partial charge in [-0.05, 0) is 42.8 Å². The minimum atomic E-state index is -0.0744. The van der Waals surface area contributed by atoms with Gasteiger partial charge in [0.15, 0.2) is 0 Å². The lowest BCUT2D eigenvalue weighted by Crippen LogP contribution is -2.09. The molecule has 0 amide bonds. The molecule has 0 aliphatic carbocycles. The van der Waals surface area contributed by atoms with E-state index in [1.165, 1.54) is 0 Å². The lowest BCUT2D eigenvalue weighted by molar-refractivity contribution is 0.228. The van der Waals surface area contributed by atoms with Gasteiger partial charge in [0.25, 0.3) is 0 Å². The predicted octanol–water partition coefficient (Wildman–Crippen LogP) is 4.13. The Kier molecular flexibility index (Phi) is 4.40. The van der Waals surface area contributed by atoms with Crippen LogP contribution in [0, 0.1) is 0 Å². The number of benzene rings is 2. The molecule has 0 spiro atoms. The molecule has 0 aromatic heterocycles. The van der Waals surface area contributed by atoms with Crippen LogP contribution in [0.5, 0.6) is 5.75 Å². The van der Waals surface area contributed by atoms with Crippen LogP contribution < -0.4 is 15.4 Å². The molecule has 0 fully saturated rings. The highest BCUT2D eigenvalue weighted by Crippen LogP contribution is 2.29. The van der Waals surface area contributed by atoms with Gasteiger partial charge in [0.05, 0.1) is 5.69 Å². The molecule has 20 heavy (non-hydrogen) atoms. The molecule has 0 saturated heterocycles. The van der Waals surface area contributed by atoms with Crippen LogP contribution in [0.25, 0.3) is 0 Å². The third-order valence-electron chi connectivity index (χ3n) is 3.15. The maximum Gasteiger partial charge on any atom is 0.143 e. The topological polar surface area (TPSA) is 38.5 Å². The van der Waals surface area contributed by atoms with Gasteiger partial charge >= 0.3 is 0 Å². The molecular formula is C16H19ClN2O. The SMILES string of the molecule is CC(Oc1ccc(Cl)cc1N)c1ccc(N(C)C)cc1. The monoisotopic (exact) mass is 290 g/mol. The number of nitrogens with zero attached hydrogens (tertiary/aromatic N) is 1. The van der Waals surface area contributed by atoms with Crippen molar-refractivity contribution >= 4 is 23.0 Å². The average Bonchev–Trinajstić information content (AvgIpc) is 2.42. The zero-order chi connectivity index (χ0) is 14.7. The minimum Gasteiger partial charge on any atom is -0.484 e. The molecule has 3 nitrogen and oxygen atoms in total. The maximum atomic E-state index is 5.90. The third-order valence-corrected chi connectivity index (χ3v) is 3.39. The van der Waals surface area contributed by atoms with E-state index in [9.17, 15) is 0 Å². The van der Waals surface area contributed by atoms with Crippen LogP contribution in [0.1, 0.15) is 18.6 Å². The van der Waals surface area contributed by atoms with Gasteiger partial charge in [-0.15, -0.1) is 0 Å². The van der Waals surface area contributed by atoms with Gasteiger partial charge in [0, 0.05) is 24.8 Å². The fraction of sp³-hybridized carbons (Fsp3) is 0.250. The van der Waals surface area contributed by atoms with Crippen molar-refractivity contribution in [3.05, 3.63) is 53.1 Å². The Morgan fingerprint density at radius 1 is 1.10 bits per heavy atom. The number of nitrogens with two attached hydrogens (primary N) is 1. The van der Waals surface area contributed by atoms with E-state index in [1.807, 2.05) is 21.0 Å². The standard InChI is InChI=1S/C16H19ClN2O/c1-11(12-4-7-14(8-5-12)19(2)3)20-16-9-6-13(17)10-15(16)18/h4-11H,18H2,1-3H3. The van der Waals surface area contributed by atoms with Crippen molar-refractivity contribution in [3.8, 4) is 5.75 Å². The van der Waals surface area contributed by atoms with E-state index in [0.29, 0.717) is 16.5 Å². The van der Waals surface area contributed by atoms with E-state index in [1.54, 1.807) is 18.2 Å². The summed E-state index contributed by atoms with van der Waals surface area (Å²) in [6, 6.07) is 13.5. The molecule has 0 saturated carbocycles. The number of anilines is 2. The first-order valence-corrected chi connectivity index (χ1v) is 6.84. The highest BCUT2D eigenvalue weighted by Gasteiger charge is 2.10. The Labute approximate surface area is 124 Å². The van der Waals surface area contributed by atoms with Gasteiger partial charge in [-0.3, -0.25) is 0 Å². The van der Waals surface area contributed by atoms with Crippen molar-refractivity contribution < 1.29 is 4.74 Å². The van der Waals surface area contributed by atoms with E-state index in [-0.39, 0.29) is 6.10 Å². The van der Waals surface area contributed by atoms with Gasteiger partial charge in [-0.1, -0.05) is 23.7 Å². The van der Waals surface area contributed by atoms with Crippen molar-refractivity contribution in [1.29, 1.82) is 0 Å².